The summed E-state index contributed by atoms with van der Waals surface area (Å²) in [5.74, 6) is -1.22. The van der Waals surface area contributed by atoms with Crippen LogP contribution in [0.1, 0.15) is 32.1 Å². The van der Waals surface area contributed by atoms with Gasteiger partial charge < -0.3 is 10.4 Å². The zero-order valence-electron chi connectivity index (χ0n) is 9.82. The van der Waals surface area contributed by atoms with Crippen LogP contribution in [0.25, 0.3) is 0 Å². The zero-order valence-corrected chi connectivity index (χ0v) is 9.82. The Morgan fingerprint density at radius 3 is 2.65 bits per heavy atom. The highest BCUT2D eigenvalue weighted by Crippen LogP contribution is 2.46. The van der Waals surface area contributed by atoms with Crippen molar-refractivity contribution in [1.29, 1.82) is 0 Å². The number of carbonyl (C=O) groups excluding carboxylic acids is 1. The molecule has 3 rings (SSSR count). The fourth-order valence-corrected chi connectivity index (χ4v) is 3.22. The number of nitrogens with zero attached hydrogens (tertiary/aromatic N) is 1. The van der Waals surface area contributed by atoms with Crippen molar-refractivity contribution in [3.05, 3.63) is 0 Å². The van der Waals surface area contributed by atoms with Crippen LogP contribution in [0, 0.1) is 5.41 Å². The predicted octanol–water partition coefficient (Wildman–Crippen LogP) is 0.204. The monoisotopic (exact) mass is 238 g/mol. The molecule has 3 fully saturated rings. The Bertz CT molecular complexity index is 365. The number of carboxylic acid groups (broad SMARTS) is 1. The molecule has 2 saturated heterocycles. The Labute approximate surface area is 100 Å². The van der Waals surface area contributed by atoms with Gasteiger partial charge in [0.15, 0.2) is 0 Å². The summed E-state index contributed by atoms with van der Waals surface area (Å²) in [5.41, 5.74) is -1.09. The third-order valence-corrected chi connectivity index (χ3v) is 4.52. The summed E-state index contributed by atoms with van der Waals surface area (Å²) in [7, 11) is 0. The molecule has 0 aromatic rings. The van der Waals surface area contributed by atoms with Crippen molar-refractivity contribution in [3.63, 3.8) is 0 Å². The van der Waals surface area contributed by atoms with Crippen LogP contribution in [0.2, 0.25) is 0 Å². The maximum absolute atomic E-state index is 12.0. The number of aliphatic carboxylic acids is 1. The lowest BCUT2D eigenvalue weighted by molar-refractivity contribution is -0.149. The Kier molecular flexibility index (Phi) is 2.40. The van der Waals surface area contributed by atoms with Crippen molar-refractivity contribution in [2.45, 2.75) is 44.2 Å². The molecular formula is C12H18N2O3. The van der Waals surface area contributed by atoms with Crippen LogP contribution in [0.3, 0.4) is 0 Å². The SMILES string of the molecule is O=C(O)C1(C(=O)NC2CCN3CCCC23)CC1. The summed E-state index contributed by atoms with van der Waals surface area (Å²) in [6.45, 7) is 2.16. The molecule has 1 amide bonds. The fourth-order valence-electron chi connectivity index (χ4n) is 3.22. The highest BCUT2D eigenvalue weighted by Gasteiger charge is 2.57. The molecule has 2 unspecified atom stereocenters. The number of rotatable bonds is 3. The average Bonchev–Trinajstić information content (AvgIpc) is 2.84. The van der Waals surface area contributed by atoms with Crippen LogP contribution in [0.15, 0.2) is 0 Å². The summed E-state index contributed by atoms with van der Waals surface area (Å²) in [6.07, 6.45) is 4.28. The smallest absolute Gasteiger partial charge is 0.319 e. The van der Waals surface area contributed by atoms with E-state index in [4.69, 9.17) is 5.11 Å². The van der Waals surface area contributed by atoms with Crippen LogP contribution in [-0.2, 0) is 9.59 Å². The number of nitrogens with one attached hydrogen (secondary N) is 1. The third-order valence-electron chi connectivity index (χ3n) is 4.52. The van der Waals surface area contributed by atoms with E-state index >= 15 is 0 Å². The van der Waals surface area contributed by atoms with Gasteiger partial charge in [-0.15, -0.1) is 0 Å². The number of carbonyl (C=O) groups is 2. The molecule has 0 bridgehead atoms. The third kappa shape index (κ3) is 1.64. The first-order chi connectivity index (χ1) is 8.13. The Morgan fingerprint density at radius 1 is 1.24 bits per heavy atom. The molecule has 5 heteroatoms. The number of carboxylic acids is 1. The normalized spacial score (nSPS) is 34.4. The molecule has 1 aliphatic carbocycles. The Morgan fingerprint density at radius 2 is 2.00 bits per heavy atom. The molecule has 0 aromatic heterocycles. The summed E-state index contributed by atoms with van der Waals surface area (Å²) in [5, 5.41) is 12.0. The molecule has 1 saturated carbocycles. The molecule has 2 atom stereocenters. The standard InChI is InChI=1S/C12H18N2O3/c15-10(12(4-5-12)11(16)17)13-8-3-7-14-6-1-2-9(8)14/h8-9H,1-7H2,(H,13,15)(H,16,17). The highest BCUT2D eigenvalue weighted by atomic mass is 16.4. The maximum atomic E-state index is 12.0. The van der Waals surface area contributed by atoms with E-state index in [1.165, 1.54) is 6.42 Å². The minimum Gasteiger partial charge on any atom is -0.480 e. The zero-order chi connectivity index (χ0) is 12.0. The van der Waals surface area contributed by atoms with E-state index in [-0.39, 0.29) is 11.9 Å². The summed E-state index contributed by atoms with van der Waals surface area (Å²) < 4.78 is 0. The quantitative estimate of drug-likeness (QED) is 0.689. The molecule has 3 aliphatic rings. The van der Waals surface area contributed by atoms with Gasteiger partial charge in [0, 0.05) is 18.6 Å². The first-order valence-corrected chi connectivity index (χ1v) is 6.42. The van der Waals surface area contributed by atoms with Gasteiger partial charge in [-0.2, -0.15) is 0 Å². The van der Waals surface area contributed by atoms with Crippen molar-refractivity contribution in [2.75, 3.05) is 13.1 Å². The van der Waals surface area contributed by atoms with E-state index in [0.29, 0.717) is 18.9 Å². The van der Waals surface area contributed by atoms with Crippen LogP contribution < -0.4 is 5.32 Å². The first-order valence-electron chi connectivity index (χ1n) is 6.42. The minimum absolute atomic E-state index is 0.168. The van der Waals surface area contributed by atoms with Crippen molar-refractivity contribution in [1.82, 2.24) is 10.2 Å². The lowest BCUT2D eigenvalue weighted by Gasteiger charge is -2.22. The van der Waals surface area contributed by atoms with Crippen LogP contribution >= 0.6 is 0 Å². The first kappa shape index (κ1) is 11.0. The van der Waals surface area contributed by atoms with E-state index < -0.39 is 11.4 Å². The molecule has 2 N–H and O–H groups in total. The van der Waals surface area contributed by atoms with E-state index in [1.54, 1.807) is 0 Å². The van der Waals surface area contributed by atoms with Crippen molar-refractivity contribution in [2.24, 2.45) is 5.41 Å². The van der Waals surface area contributed by atoms with Crippen molar-refractivity contribution in [3.8, 4) is 0 Å². The van der Waals surface area contributed by atoms with Gasteiger partial charge in [0.05, 0.1) is 0 Å². The number of amides is 1. The molecule has 2 heterocycles. The number of hydrogen-bond acceptors (Lipinski definition) is 3. The molecule has 2 aliphatic heterocycles. The average molecular weight is 238 g/mol. The van der Waals surface area contributed by atoms with Crippen LogP contribution in [0.4, 0.5) is 0 Å². The number of hydrogen-bond donors (Lipinski definition) is 2. The van der Waals surface area contributed by atoms with Gasteiger partial charge in [0.2, 0.25) is 5.91 Å². The Hall–Kier alpha value is -1.10. The maximum Gasteiger partial charge on any atom is 0.319 e. The van der Waals surface area contributed by atoms with Gasteiger partial charge in [0.1, 0.15) is 5.41 Å². The largest absolute Gasteiger partial charge is 0.480 e. The van der Waals surface area contributed by atoms with Crippen LogP contribution in [-0.4, -0.2) is 47.1 Å². The van der Waals surface area contributed by atoms with Crippen molar-refractivity contribution >= 4 is 11.9 Å². The fraction of sp³-hybridized carbons (Fsp3) is 0.833. The summed E-state index contributed by atoms with van der Waals surface area (Å²) in [6, 6.07) is 0.616. The second-order valence-corrected chi connectivity index (χ2v) is 5.50. The molecule has 0 radical (unpaired) electrons. The lowest BCUT2D eigenvalue weighted by Crippen LogP contribution is -2.47. The molecule has 94 valence electrons. The second kappa shape index (κ2) is 3.70. The predicted molar refractivity (Wildman–Crippen MR) is 60.4 cm³/mol. The van der Waals surface area contributed by atoms with Crippen molar-refractivity contribution < 1.29 is 14.7 Å². The van der Waals surface area contributed by atoms with Gasteiger partial charge in [-0.05, 0) is 38.6 Å². The topological polar surface area (TPSA) is 69.6 Å². The van der Waals surface area contributed by atoms with E-state index in [1.807, 2.05) is 0 Å². The lowest BCUT2D eigenvalue weighted by atomic mass is 10.0. The van der Waals surface area contributed by atoms with Gasteiger partial charge >= 0.3 is 5.97 Å². The van der Waals surface area contributed by atoms with Gasteiger partial charge in [-0.1, -0.05) is 0 Å². The van der Waals surface area contributed by atoms with Crippen LogP contribution in [0.5, 0.6) is 0 Å². The van der Waals surface area contributed by atoms with E-state index in [9.17, 15) is 9.59 Å². The molecule has 5 nitrogen and oxygen atoms in total. The molecule has 0 spiro atoms. The van der Waals surface area contributed by atoms with E-state index in [2.05, 4.69) is 10.2 Å². The van der Waals surface area contributed by atoms with Gasteiger partial charge in [-0.25, -0.2) is 0 Å². The highest BCUT2D eigenvalue weighted by molar-refractivity contribution is 6.04. The minimum atomic E-state index is -1.09. The molecule has 0 aromatic carbocycles. The summed E-state index contributed by atoms with van der Waals surface area (Å²) >= 11 is 0. The summed E-state index contributed by atoms with van der Waals surface area (Å²) in [4.78, 5) is 25.5. The second-order valence-electron chi connectivity index (χ2n) is 5.50. The molecular weight excluding hydrogens is 220 g/mol. The molecule has 17 heavy (non-hydrogen) atoms. The van der Waals surface area contributed by atoms with Gasteiger partial charge in [-0.3, -0.25) is 14.5 Å². The Balaban J connectivity index is 1.64. The van der Waals surface area contributed by atoms with Gasteiger partial charge in [0.25, 0.3) is 0 Å². The number of fused-ring (bicyclic) bond motifs is 1. The van der Waals surface area contributed by atoms with E-state index in [0.717, 1.165) is 25.9 Å².